The zero-order valence-corrected chi connectivity index (χ0v) is 12.5. The summed E-state index contributed by atoms with van der Waals surface area (Å²) < 4.78 is 7.74. The van der Waals surface area contributed by atoms with E-state index in [1.165, 1.54) is 16.8 Å². The highest BCUT2D eigenvalue weighted by Gasteiger charge is 2.57. The summed E-state index contributed by atoms with van der Waals surface area (Å²) in [4.78, 5) is 4.32. The van der Waals surface area contributed by atoms with Gasteiger partial charge in [-0.05, 0) is 24.8 Å². The first-order valence-corrected chi connectivity index (χ1v) is 8.17. The van der Waals surface area contributed by atoms with Gasteiger partial charge in [-0.15, -0.1) is 0 Å². The number of ether oxygens (including phenoxy) is 1. The Morgan fingerprint density at radius 2 is 2.05 bits per heavy atom. The molecule has 1 N–H and O–H groups in total. The molecule has 0 radical (unpaired) electrons. The Kier molecular flexibility index (Phi) is 2.59. The predicted molar refractivity (Wildman–Crippen MR) is 82.4 cm³/mol. The minimum atomic E-state index is -0.234. The van der Waals surface area contributed by atoms with Crippen LogP contribution in [0.25, 0.3) is 11.3 Å². The molecule has 2 aliphatic heterocycles. The van der Waals surface area contributed by atoms with Gasteiger partial charge in [0.1, 0.15) is 0 Å². The van der Waals surface area contributed by atoms with Gasteiger partial charge in [0, 0.05) is 30.1 Å². The monoisotopic (exact) mass is 296 g/mol. The summed E-state index contributed by atoms with van der Waals surface area (Å²) in [6.07, 6.45) is 6.71. The molecule has 1 saturated heterocycles. The lowest BCUT2D eigenvalue weighted by molar-refractivity contribution is -0.173. The molecule has 2 aromatic rings. The molecule has 3 aliphatic rings. The maximum atomic E-state index is 10.9. The van der Waals surface area contributed by atoms with Crippen molar-refractivity contribution in [3.63, 3.8) is 0 Å². The van der Waals surface area contributed by atoms with Crippen molar-refractivity contribution in [1.29, 1.82) is 0 Å². The molecule has 1 unspecified atom stereocenters. The molecule has 1 aliphatic carbocycles. The number of aliphatic hydroxyl groups excluding tert-OH is 1. The number of imidazole rings is 1. The smallest absolute Gasteiger partial charge is 0.0956 e. The van der Waals surface area contributed by atoms with E-state index in [0.29, 0.717) is 0 Å². The highest BCUT2D eigenvalue weighted by Crippen LogP contribution is 2.59. The molecule has 5 rings (SSSR count). The maximum absolute atomic E-state index is 10.9. The van der Waals surface area contributed by atoms with Crippen molar-refractivity contribution in [3.8, 4) is 11.3 Å². The molecular weight excluding hydrogens is 276 g/mol. The van der Waals surface area contributed by atoms with E-state index in [1.54, 1.807) is 0 Å². The largest absolute Gasteiger partial charge is 0.392 e. The van der Waals surface area contributed by atoms with Crippen LogP contribution in [-0.2, 0) is 4.74 Å². The van der Waals surface area contributed by atoms with Crippen LogP contribution in [0.4, 0.5) is 0 Å². The highest BCUT2D eigenvalue weighted by molar-refractivity contribution is 5.69. The fourth-order valence-electron chi connectivity index (χ4n) is 4.87. The lowest BCUT2D eigenvalue weighted by atomic mass is 9.53. The number of rotatable bonds is 1. The number of benzene rings is 1. The number of fused-ring (bicyclic) bond motifs is 3. The van der Waals surface area contributed by atoms with Crippen molar-refractivity contribution in [2.75, 3.05) is 13.2 Å². The van der Waals surface area contributed by atoms with Crippen LogP contribution in [0.2, 0.25) is 0 Å². The minimum Gasteiger partial charge on any atom is -0.392 e. The number of hydrogen-bond acceptors (Lipinski definition) is 3. The van der Waals surface area contributed by atoms with Crippen LogP contribution in [0.15, 0.2) is 36.8 Å². The molecule has 3 heterocycles. The molecule has 4 nitrogen and oxygen atoms in total. The van der Waals surface area contributed by atoms with E-state index in [4.69, 9.17) is 4.74 Å². The Labute approximate surface area is 129 Å². The summed E-state index contributed by atoms with van der Waals surface area (Å²) >= 11 is 0. The van der Waals surface area contributed by atoms with Gasteiger partial charge in [0.25, 0.3) is 0 Å². The van der Waals surface area contributed by atoms with Gasteiger partial charge in [-0.2, -0.15) is 0 Å². The fraction of sp³-hybridized carbons (Fsp3) is 0.500. The second-order valence-electron chi connectivity index (χ2n) is 7.01. The van der Waals surface area contributed by atoms with E-state index in [0.717, 1.165) is 32.5 Å². The summed E-state index contributed by atoms with van der Waals surface area (Å²) in [5.41, 5.74) is 3.89. The van der Waals surface area contributed by atoms with Crippen molar-refractivity contribution in [3.05, 3.63) is 42.4 Å². The second kappa shape index (κ2) is 4.43. The van der Waals surface area contributed by atoms with Crippen molar-refractivity contribution in [2.24, 2.45) is 11.3 Å². The van der Waals surface area contributed by atoms with Crippen LogP contribution in [0.5, 0.6) is 0 Å². The van der Waals surface area contributed by atoms with Crippen molar-refractivity contribution in [2.45, 2.75) is 31.4 Å². The molecule has 114 valence electrons. The van der Waals surface area contributed by atoms with Crippen LogP contribution < -0.4 is 0 Å². The van der Waals surface area contributed by atoms with Gasteiger partial charge < -0.3 is 14.4 Å². The lowest BCUT2D eigenvalue weighted by Gasteiger charge is -2.56. The van der Waals surface area contributed by atoms with Gasteiger partial charge in [-0.25, -0.2) is 4.98 Å². The topological polar surface area (TPSA) is 47.3 Å². The molecular formula is C18H20N2O2. The molecule has 4 heteroatoms. The molecule has 1 saturated carbocycles. The Hall–Kier alpha value is -1.65. The summed E-state index contributed by atoms with van der Waals surface area (Å²) in [5, 5.41) is 10.9. The van der Waals surface area contributed by atoms with Gasteiger partial charge in [0.15, 0.2) is 0 Å². The molecule has 1 aromatic heterocycles. The summed E-state index contributed by atoms with van der Waals surface area (Å²) in [6.45, 7) is 1.59. The molecule has 22 heavy (non-hydrogen) atoms. The van der Waals surface area contributed by atoms with E-state index in [2.05, 4.69) is 33.8 Å². The molecule has 3 atom stereocenters. The van der Waals surface area contributed by atoms with Crippen molar-refractivity contribution >= 4 is 0 Å². The van der Waals surface area contributed by atoms with Crippen LogP contribution in [0, 0.1) is 11.3 Å². The first kappa shape index (κ1) is 12.9. The highest BCUT2D eigenvalue weighted by atomic mass is 16.5. The normalized spacial score (nSPS) is 31.6. The fourth-order valence-corrected chi connectivity index (χ4v) is 4.87. The Bertz CT molecular complexity index is 717. The minimum absolute atomic E-state index is 0.0984. The average Bonchev–Trinajstić information content (AvgIpc) is 3.14. The quantitative estimate of drug-likeness (QED) is 0.880. The third-order valence-corrected chi connectivity index (χ3v) is 6.09. The van der Waals surface area contributed by atoms with E-state index in [-0.39, 0.29) is 23.5 Å². The van der Waals surface area contributed by atoms with Crippen LogP contribution in [-0.4, -0.2) is 34.0 Å². The van der Waals surface area contributed by atoms with Gasteiger partial charge in [0.05, 0.1) is 30.4 Å². The van der Waals surface area contributed by atoms with Gasteiger partial charge in [0.2, 0.25) is 0 Å². The molecule has 0 bridgehead atoms. The average molecular weight is 296 g/mol. The number of aliphatic hydroxyl groups is 1. The molecule has 0 amide bonds. The maximum Gasteiger partial charge on any atom is 0.0956 e. The van der Waals surface area contributed by atoms with Gasteiger partial charge in [-0.3, -0.25) is 0 Å². The summed E-state index contributed by atoms with van der Waals surface area (Å²) in [7, 11) is 0. The first-order valence-electron chi connectivity index (χ1n) is 8.17. The van der Waals surface area contributed by atoms with Crippen LogP contribution >= 0.6 is 0 Å². The predicted octanol–water partition coefficient (Wildman–Crippen LogP) is 2.63. The molecule has 1 aromatic carbocycles. The second-order valence-corrected chi connectivity index (χ2v) is 7.01. The number of nitrogens with zero attached hydrogens (tertiary/aromatic N) is 2. The van der Waals surface area contributed by atoms with E-state index in [9.17, 15) is 5.11 Å². The van der Waals surface area contributed by atoms with Crippen LogP contribution in [0.3, 0.4) is 0 Å². The standard InChI is InChI=1S/C18H20N2O2/c21-17-14(9-18(17)5-7-22-8-6-18)16-13-4-2-1-3-12(13)15-10-19-11-20(15)16/h1-4,10-11,14,16-17,21H,5-9H2/t14-,16+,17?/m1/s1. The third-order valence-electron chi connectivity index (χ3n) is 6.09. The number of aromatic nitrogens is 2. The van der Waals surface area contributed by atoms with E-state index in [1.807, 2.05) is 12.5 Å². The van der Waals surface area contributed by atoms with Gasteiger partial charge in [-0.1, -0.05) is 24.3 Å². The zero-order valence-electron chi connectivity index (χ0n) is 12.5. The number of hydrogen-bond donors (Lipinski definition) is 1. The van der Waals surface area contributed by atoms with Crippen molar-refractivity contribution in [1.82, 2.24) is 9.55 Å². The zero-order chi connectivity index (χ0) is 14.7. The summed E-state index contributed by atoms with van der Waals surface area (Å²) in [5.74, 6) is 0.287. The van der Waals surface area contributed by atoms with Crippen LogP contribution in [0.1, 0.15) is 30.9 Å². The van der Waals surface area contributed by atoms with E-state index >= 15 is 0 Å². The molecule has 2 fully saturated rings. The van der Waals surface area contributed by atoms with Gasteiger partial charge >= 0.3 is 0 Å². The van der Waals surface area contributed by atoms with Crippen molar-refractivity contribution < 1.29 is 9.84 Å². The Morgan fingerprint density at radius 3 is 2.86 bits per heavy atom. The van der Waals surface area contributed by atoms with E-state index < -0.39 is 0 Å². The third kappa shape index (κ3) is 1.52. The Balaban J connectivity index is 1.52. The first-order chi connectivity index (χ1) is 10.8. The SMILES string of the molecule is OC1[C@@H]([C@@H]2c3ccccc3-c3cncn32)CC12CCOCC2. The lowest BCUT2D eigenvalue weighted by Crippen LogP contribution is -2.57. The Morgan fingerprint density at radius 1 is 1.23 bits per heavy atom. The molecule has 1 spiro atoms. The summed E-state index contributed by atoms with van der Waals surface area (Å²) in [6, 6.07) is 8.78.